The van der Waals surface area contributed by atoms with Crippen molar-refractivity contribution < 1.29 is 5.11 Å². The number of aryl methyl sites for hydroxylation is 1. The highest BCUT2D eigenvalue weighted by Gasteiger charge is 2.31. The average Bonchev–Trinajstić information content (AvgIpc) is 2.44. The number of nitrogens with two attached hydrogens (primary N) is 1. The summed E-state index contributed by atoms with van der Waals surface area (Å²) in [5.74, 6) is 0.719. The number of hydrogen-bond acceptors (Lipinski definition) is 5. The van der Waals surface area contributed by atoms with Gasteiger partial charge in [0, 0.05) is 13.1 Å². The lowest BCUT2D eigenvalue weighted by Gasteiger charge is -2.38. The molecule has 1 aromatic rings. The first-order valence-electron chi connectivity index (χ1n) is 7.55. The van der Waals surface area contributed by atoms with Gasteiger partial charge in [0.05, 0.1) is 16.9 Å². The van der Waals surface area contributed by atoms with Crippen molar-refractivity contribution in [2.24, 2.45) is 5.73 Å². The number of hydrogen-bond donors (Lipinski definition) is 2. The predicted octanol–water partition coefficient (Wildman–Crippen LogP) is 1.59. The van der Waals surface area contributed by atoms with Crippen LogP contribution in [-0.2, 0) is 12.8 Å². The summed E-state index contributed by atoms with van der Waals surface area (Å²) < 4.78 is 0. The Labute approximate surface area is 131 Å². The zero-order valence-corrected chi connectivity index (χ0v) is 13.8. The van der Waals surface area contributed by atoms with Crippen LogP contribution < -0.4 is 10.6 Å². The zero-order valence-electron chi connectivity index (χ0n) is 13.0. The van der Waals surface area contributed by atoms with Crippen molar-refractivity contribution in [3.05, 3.63) is 16.8 Å². The van der Waals surface area contributed by atoms with E-state index in [1.54, 1.807) is 0 Å². The average molecular weight is 308 g/mol. The van der Waals surface area contributed by atoms with Crippen molar-refractivity contribution in [2.75, 3.05) is 18.0 Å². The summed E-state index contributed by atoms with van der Waals surface area (Å²) in [6.07, 6.45) is 3.35. The summed E-state index contributed by atoms with van der Waals surface area (Å²) in [7, 11) is 0. The van der Waals surface area contributed by atoms with Gasteiger partial charge in [-0.25, -0.2) is 0 Å². The first kappa shape index (κ1) is 16.1. The number of piperidine rings is 1. The minimum absolute atomic E-state index is 0.358. The zero-order chi connectivity index (χ0) is 15.6. The summed E-state index contributed by atoms with van der Waals surface area (Å²) in [4.78, 5) is 2.42. The topological polar surface area (TPSA) is 75.3 Å². The van der Waals surface area contributed by atoms with Crippen LogP contribution in [0.4, 0.5) is 5.82 Å². The van der Waals surface area contributed by atoms with Gasteiger partial charge in [0.15, 0.2) is 5.82 Å². The molecular formula is C15H24N4OS. The Balaban J connectivity index is 2.50. The molecule has 1 saturated heterocycles. The first-order valence-corrected chi connectivity index (χ1v) is 7.96. The SMILES string of the molecule is CCc1nnc(N2CCCC(C)(O)C2)c(C(N)=S)c1CC. The fraction of sp³-hybridized carbons (Fsp3) is 0.667. The standard InChI is InChI=1S/C15H24N4OS/c1-4-10-11(5-2)17-18-14(12(10)13(16)21)19-8-6-7-15(3,20)9-19/h20H,4-9H2,1-3H3,(H2,16,21). The van der Waals surface area contributed by atoms with Crippen LogP contribution in [0.15, 0.2) is 0 Å². The van der Waals surface area contributed by atoms with Crippen molar-refractivity contribution in [3.63, 3.8) is 0 Å². The van der Waals surface area contributed by atoms with Crippen LogP contribution in [0.25, 0.3) is 0 Å². The molecule has 0 aliphatic carbocycles. The van der Waals surface area contributed by atoms with Crippen LogP contribution in [0.1, 0.15) is 50.4 Å². The third-order valence-corrected chi connectivity index (χ3v) is 4.25. The highest BCUT2D eigenvalue weighted by molar-refractivity contribution is 7.80. The molecular weight excluding hydrogens is 284 g/mol. The van der Waals surface area contributed by atoms with Gasteiger partial charge in [0.1, 0.15) is 4.99 Å². The first-order chi connectivity index (χ1) is 9.89. The lowest BCUT2D eigenvalue weighted by molar-refractivity contribution is 0.0446. The Morgan fingerprint density at radius 3 is 2.62 bits per heavy atom. The maximum absolute atomic E-state index is 10.3. The van der Waals surface area contributed by atoms with Gasteiger partial charge in [0.2, 0.25) is 0 Å². The minimum atomic E-state index is -0.705. The Hall–Kier alpha value is -1.27. The van der Waals surface area contributed by atoms with Gasteiger partial charge in [-0.3, -0.25) is 0 Å². The predicted molar refractivity (Wildman–Crippen MR) is 88.7 cm³/mol. The van der Waals surface area contributed by atoms with Crippen LogP contribution in [0.3, 0.4) is 0 Å². The van der Waals surface area contributed by atoms with Gasteiger partial charge >= 0.3 is 0 Å². The highest BCUT2D eigenvalue weighted by Crippen LogP contribution is 2.29. The number of aromatic nitrogens is 2. The molecule has 1 aliphatic rings. The Bertz CT molecular complexity index is 545. The second kappa shape index (κ2) is 6.23. The molecule has 2 rings (SSSR count). The largest absolute Gasteiger partial charge is 0.389 e. The summed E-state index contributed by atoms with van der Waals surface area (Å²) in [6, 6.07) is 0. The second-order valence-electron chi connectivity index (χ2n) is 5.92. The number of nitrogens with zero attached hydrogens (tertiary/aromatic N) is 3. The molecule has 0 bridgehead atoms. The van der Waals surface area contributed by atoms with Crippen molar-refractivity contribution >= 4 is 23.0 Å². The van der Waals surface area contributed by atoms with Gasteiger partial charge in [-0.1, -0.05) is 26.1 Å². The molecule has 2 heterocycles. The molecule has 1 aliphatic heterocycles. The maximum atomic E-state index is 10.3. The molecule has 5 nitrogen and oxygen atoms in total. The van der Waals surface area contributed by atoms with Crippen molar-refractivity contribution in [3.8, 4) is 0 Å². The molecule has 3 N–H and O–H groups in total. The van der Waals surface area contributed by atoms with E-state index in [1.807, 2.05) is 6.92 Å². The van der Waals surface area contributed by atoms with Crippen molar-refractivity contribution in [2.45, 2.75) is 52.1 Å². The number of rotatable bonds is 4. The number of anilines is 1. The lowest BCUT2D eigenvalue weighted by Crippen LogP contribution is -2.47. The van der Waals surface area contributed by atoms with Crippen LogP contribution >= 0.6 is 12.2 Å². The van der Waals surface area contributed by atoms with E-state index in [1.165, 1.54) is 0 Å². The summed E-state index contributed by atoms with van der Waals surface area (Å²) in [5, 5.41) is 19.0. The smallest absolute Gasteiger partial charge is 0.161 e. The van der Waals surface area contributed by atoms with E-state index >= 15 is 0 Å². The van der Waals surface area contributed by atoms with Crippen LogP contribution in [0.5, 0.6) is 0 Å². The molecule has 0 spiro atoms. The van der Waals surface area contributed by atoms with Crippen LogP contribution in [0, 0.1) is 0 Å². The molecule has 1 unspecified atom stereocenters. The quantitative estimate of drug-likeness (QED) is 0.823. The Morgan fingerprint density at radius 1 is 1.38 bits per heavy atom. The second-order valence-corrected chi connectivity index (χ2v) is 6.36. The van der Waals surface area contributed by atoms with Gasteiger partial charge in [-0.05, 0) is 38.2 Å². The van der Waals surface area contributed by atoms with Gasteiger partial charge in [0.25, 0.3) is 0 Å². The molecule has 1 fully saturated rings. The van der Waals surface area contributed by atoms with E-state index in [0.717, 1.165) is 54.9 Å². The molecule has 0 aromatic carbocycles. The molecule has 21 heavy (non-hydrogen) atoms. The summed E-state index contributed by atoms with van der Waals surface area (Å²) in [6.45, 7) is 7.36. The third-order valence-electron chi connectivity index (χ3n) is 4.05. The van der Waals surface area contributed by atoms with E-state index in [9.17, 15) is 5.11 Å². The number of thiocarbonyl (C=S) groups is 1. The third kappa shape index (κ3) is 3.32. The van der Waals surface area contributed by atoms with E-state index in [2.05, 4.69) is 28.9 Å². The minimum Gasteiger partial charge on any atom is -0.389 e. The van der Waals surface area contributed by atoms with Crippen molar-refractivity contribution in [1.29, 1.82) is 0 Å². The highest BCUT2D eigenvalue weighted by atomic mass is 32.1. The molecule has 1 atom stereocenters. The lowest BCUT2D eigenvalue weighted by atomic mass is 9.94. The maximum Gasteiger partial charge on any atom is 0.161 e. The van der Waals surface area contributed by atoms with Gasteiger partial charge < -0.3 is 15.7 Å². The van der Waals surface area contributed by atoms with E-state index in [0.29, 0.717) is 11.5 Å². The van der Waals surface area contributed by atoms with Gasteiger partial charge in [-0.15, -0.1) is 5.10 Å². The van der Waals surface area contributed by atoms with Crippen LogP contribution in [-0.4, -0.2) is 39.0 Å². The van der Waals surface area contributed by atoms with Crippen LogP contribution in [0.2, 0.25) is 0 Å². The molecule has 0 radical (unpaired) electrons. The molecule has 0 amide bonds. The summed E-state index contributed by atoms with van der Waals surface area (Å²) in [5.41, 5.74) is 8.12. The molecule has 6 heteroatoms. The fourth-order valence-corrected chi connectivity index (χ4v) is 3.26. The Morgan fingerprint density at radius 2 is 2.10 bits per heavy atom. The van der Waals surface area contributed by atoms with E-state index < -0.39 is 5.60 Å². The summed E-state index contributed by atoms with van der Waals surface area (Å²) >= 11 is 5.26. The van der Waals surface area contributed by atoms with E-state index in [-0.39, 0.29) is 0 Å². The fourth-order valence-electron chi connectivity index (χ4n) is 3.04. The van der Waals surface area contributed by atoms with Gasteiger partial charge in [-0.2, -0.15) is 5.10 Å². The van der Waals surface area contributed by atoms with Crippen molar-refractivity contribution in [1.82, 2.24) is 10.2 Å². The number of aliphatic hydroxyl groups is 1. The molecule has 1 aromatic heterocycles. The Kier molecular flexibility index (Phi) is 4.78. The molecule has 0 saturated carbocycles. The normalized spacial score (nSPS) is 22.4. The molecule has 116 valence electrons. The number of β-amino-alcohol motifs (C(OH)–C–C–N with tert-alkyl or cyclic N) is 1. The van der Waals surface area contributed by atoms with E-state index in [4.69, 9.17) is 18.0 Å². The monoisotopic (exact) mass is 308 g/mol.